The molecule has 2 aromatic rings. The summed E-state index contributed by atoms with van der Waals surface area (Å²) in [6, 6.07) is 3.54. The Bertz CT molecular complexity index is 488. The van der Waals surface area contributed by atoms with E-state index in [-0.39, 0.29) is 0 Å². The zero-order valence-corrected chi connectivity index (χ0v) is 9.03. The summed E-state index contributed by atoms with van der Waals surface area (Å²) in [5.74, 6) is -1.11. The first-order valence-electron chi connectivity index (χ1n) is 5.15. The third kappa shape index (κ3) is 3.29. The van der Waals surface area contributed by atoms with E-state index < -0.39 is 11.6 Å². The lowest BCUT2D eigenvalue weighted by molar-refractivity contribution is 0.559. The van der Waals surface area contributed by atoms with Gasteiger partial charge in [0.05, 0.1) is 5.69 Å². The molecule has 0 radical (unpaired) electrons. The van der Waals surface area contributed by atoms with Crippen LogP contribution in [0.4, 0.5) is 8.78 Å². The van der Waals surface area contributed by atoms with E-state index in [1.165, 1.54) is 12.1 Å². The van der Waals surface area contributed by atoms with Crippen LogP contribution in [-0.2, 0) is 13.1 Å². The highest BCUT2D eigenvalue weighted by Gasteiger charge is 2.03. The Morgan fingerprint density at radius 3 is 2.71 bits per heavy atom. The number of nitrogens with zero attached hydrogens (tertiary/aromatic N) is 2. The minimum absolute atomic E-state index is 0.322. The Kier molecular flexibility index (Phi) is 3.72. The summed E-state index contributed by atoms with van der Waals surface area (Å²) in [6.45, 7) is 0.813. The summed E-state index contributed by atoms with van der Waals surface area (Å²) < 4.78 is 25.9. The molecule has 1 aromatic carbocycles. The maximum Gasteiger partial charge on any atom is 0.130 e. The van der Waals surface area contributed by atoms with Gasteiger partial charge >= 0.3 is 0 Å². The van der Waals surface area contributed by atoms with Crippen LogP contribution in [0.25, 0.3) is 0 Å². The average molecular weight is 235 g/mol. The molecule has 0 saturated carbocycles. The van der Waals surface area contributed by atoms with E-state index in [0.717, 1.165) is 11.8 Å². The maximum absolute atomic E-state index is 13.3. The van der Waals surface area contributed by atoms with Gasteiger partial charge in [-0.3, -0.25) is 9.97 Å². The van der Waals surface area contributed by atoms with Crippen LogP contribution in [0.2, 0.25) is 0 Å². The van der Waals surface area contributed by atoms with E-state index >= 15 is 0 Å². The van der Waals surface area contributed by atoms with Crippen molar-refractivity contribution < 1.29 is 8.78 Å². The van der Waals surface area contributed by atoms with Gasteiger partial charge in [0.2, 0.25) is 0 Å². The molecular weight excluding hydrogens is 224 g/mol. The molecule has 0 fully saturated rings. The highest BCUT2D eigenvalue weighted by atomic mass is 19.1. The number of halogens is 2. The molecule has 0 saturated heterocycles. The van der Waals surface area contributed by atoms with E-state index in [1.807, 2.05) is 0 Å². The van der Waals surface area contributed by atoms with Crippen LogP contribution < -0.4 is 5.32 Å². The van der Waals surface area contributed by atoms with E-state index in [4.69, 9.17) is 0 Å². The van der Waals surface area contributed by atoms with Gasteiger partial charge < -0.3 is 5.32 Å². The van der Waals surface area contributed by atoms with Crippen LogP contribution in [0.1, 0.15) is 11.3 Å². The smallest absolute Gasteiger partial charge is 0.130 e. The van der Waals surface area contributed by atoms with E-state index in [1.54, 1.807) is 18.6 Å². The third-order valence-corrected chi connectivity index (χ3v) is 2.25. The van der Waals surface area contributed by atoms with Crippen molar-refractivity contribution in [1.29, 1.82) is 0 Å². The molecule has 1 N–H and O–H groups in total. The lowest BCUT2D eigenvalue weighted by Gasteiger charge is -2.05. The van der Waals surface area contributed by atoms with Gasteiger partial charge in [0.1, 0.15) is 11.6 Å². The molecule has 1 aromatic heterocycles. The topological polar surface area (TPSA) is 37.8 Å². The monoisotopic (exact) mass is 235 g/mol. The zero-order valence-electron chi connectivity index (χ0n) is 9.03. The highest BCUT2D eigenvalue weighted by Crippen LogP contribution is 2.09. The molecule has 1 heterocycles. The Morgan fingerprint density at radius 1 is 1.12 bits per heavy atom. The van der Waals surface area contributed by atoms with Crippen LogP contribution in [0.15, 0.2) is 36.8 Å². The predicted molar refractivity (Wildman–Crippen MR) is 58.9 cm³/mol. The van der Waals surface area contributed by atoms with Crippen molar-refractivity contribution in [2.75, 3.05) is 0 Å². The summed E-state index contributed by atoms with van der Waals surface area (Å²) in [5.41, 5.74) is 1.20. The molecular formula is C12H11F2N3. The van der Waals surface area contributed by atoms with Gasteiger partial charge in [0, 0.05) is 43.3 Å². The molecule has 0 aliphatic carbocycles. The SMILES string of the molecule is Fc1ccc(CNCc2cnccn2)c(F)c1. The molecule has 17 heavy (non-hydrogen) atoms. The van der Waals surface area contributed by atoms with Gasteiger partial charge in [-0.25, -0.2) is 8.78 Å². The highest BCUT2D eigenvalue weighted by molar-refractivity contribution is 5.18. The zero-order chi connectivity index (χ0) is 12.1. The predicted octanol–water partition coefficient (Wildman–Crippen LogP) is 2.04. The minimum Gasteiger partial charge on any atom is -0.307 e. The molecule has 0 spiro atoms. The van der Waals surface area contributed by atoms with Gasteiger partial charge in [-0.15, -0.1) is 0 Å². The second-order valence-electron chi connectivity index (χ2n) is 3.54. The van der Waals surface area contributed by atoms with E-state index in [2.05, 4.69) is 15.3 Å². The normalized spacial score (nSPS) is 10.5. The van der Waals surface area contributed by atoms with Crippen molar-refractivity contribution in [3.05, 3.63) is 59.7 Å². The van der Waals surface area contributed by atoms with Crippen LogP contribution in [0, 0.1) is 11.6 Å². The second kappa shape index (κ2) is 5.45. The van der Waals surface area contributed by atoms with Gasteiger partial charge in [0.25, 0.3) is 0 Å². The lowest BCUT2D eigenvalue weighted by Crippen LogP contribution is -2.14. The van der Waals surface area contributed by atoms with Gasteiger partial charge in [-0.1, -0.05) is 6.07 Å². The summed E-state index contributed by atoms with van der Waals surface area (Å²) in [7, 11) is 0. The molecule has 0 unspecified atom stereocenters. The van der Waals surface area contributed by atoms with E-state index in [0.29, 0.717) is 18.7 Å². The molecule has 0 atom stereocenters. The van der Waals surface area contributed by atoms with Crippen molar-refractivity contribution >= 4 is 0 Å². The summed E-state index contributed by atoms with van der Waals surface area (Å²) in [4.78, 5) is 7.98. The number of hydrogen-bond donors (Lipinski definition) is 1. The fourth-order valence-electron chi connectivity index (χ4n) is 1.41. The maximum atomic E-state index is 13.3. The molecule has 88 valence electrons. The third-order valence-electron chi connectivity index (χ3n) is 2.25. The minimum atomic E-state index is -0.569. The van der Waals surface area contributed by atoms with Gasteiger partial charge in [0.15, 0.2) is 0 Å². The van der Waals surface area contributed by atoms with E-state index in [9.17, 15) is 8.78 Å². The fraction of sp³-hybridized carbons (Fsp3) is 0.167. The van der Waals surface area contributed by atoms with Gasteiger partial charge in [-0.2, -0.15) is 0 Å². The van der Waals surface area contributed by atoms with Crippen molar-refractivity contribution in [2.24, 2.45) is 0 Å². The van der Waals surface area contributed by atoms with Crippen molar-refractivity contribution in [2.45, 2.75) is 13.1 Å². The van der Waals surface area contributed by atoms with Gasteiger partial charge in [-0.05, 0) is 6.07 Å². The molecule has 0 bridgehead atoms. The number of benzene rings is 1. The average Bonchev–Trinajstić information content (AvgIpc) is 2.33. The number of nitrogens with one attached hydrogen (secondary N) is 1. The largest absolute Gasteiger partial charge is 0.307 e. The Labute approximate surface area is 97.5 Å². The van der Waals surface area contributed by atoms with Crippen LogP contribution in [0.5, 0.6) is 0 Å². The number of rotatable bonds is 4. The second-order valence-corrected chi connectivity index (χ2v) is 3.54. The molecule has 3 nitrogen and oxygen atoms in total. The molecule has 0 aliphatic heterocycles. The molecule has 0 aliphatic rings. The molecule has 0 amide bonds. The Hall–Kier alpha value is -1.88. The van der Waals surface area contributed by atoms with Crippen LogP contribution >= 0.6 is 0 Å². The summed E-state index contributed by atoms with van der Waals surface area (Å²) >= 11 is 0. The van der Waals surface area contributed by atoms with Crippen molar-refractivity contribution in [1.82, 2.24) is 15.3 Å². The number of hydrogen-bond acceptors (Lipinski definition) is 3. The Morgan fingerprint density at radius 2 is 2.00 bits per heavy atom. The first-order chi connectivity index (χ1) is 8.25. The van der Waals surface area contributed by atoms with Crippen LogP contribution in [0.3, 0.4) is 0 Å². The molecule has 5 heteroatoms. The first-order valence-corrected chi connectivity index (χ1v) is 5.15. The lowest BCUT2D eigenvalue weighted by atomic mass is 10.2. The molecule has 2 rings (SSSR count). The van der Waals surface area contributed by atoms with Crippen molar-refractivity contribution in [3.8, 4) is 0 Å². The number of aromatic nitrogens is 2. The first kappa shape index (κ1) is 11.6. The van der Waals surface area contributed by atoms with Crippen molar-refractivity contribution in [3.63, 3.8) is 0 Å². The summed E-state index contributed by atoms with van der Waals surface area (Å²) in [5, 5.41) is 3.01. The Balaban J connectivity index is 1.90. The quantitative estimate of drug-likeness (QED) is 0.881. The standard InChI is InChI=1S/C12H11F2N3/c13-10-2-1-9(12(14)5-10)6-16-8-11-7-15-3-4-17-11/h1-5,7,16H,6,8H2. The summed E-state index contributed by atoms with van der Waals surface area (Å²) in [6.07, 6.45) is 4.81. The fourth-order valence-corrected chi connectivity index (χ4v) is 1.41. The van der Waals surface area contributed by atoms with Crippen LogP contribution in [-0.4, -0.2) is 9.97 Å².